The number of anilines is 1. The van der Waals surface area contributed by atoms with Crippen LogP contribution in [0.5, 0.6) is 0 Å². The van der Waals surface area contributed by atoms with E-state index in [1.54, 1.807) is 4.90 Å². The van der Waals surface area contributed by atoms with Crippen LogP contribution in [0.1, 0.15) is 18.4 Å². The number of likely N-dealkylation sites (tertiary alicyclic amines) is 1. The van der Waals surface area contributed by atoms with E-state index in [1.165, 1.54) is 11.5 Å². The lowest BCUT2D eigenvalue weighted by atomic mass is 9.96. The van der Waals surface area contributed by atoms with Gasteiger partial charge in [0.1, 0.15) is 5.82 Å². The molecule has 0 bridgehead atoms. The van der Waals surface area contributed by atoms with Crippen molar-refractivity contribution in [2.24, 2.45) is 11.7 Å². The first kappa shape index (κ1) is 22.2. The third kappa shape index (κ3) is 5.44. The third-order valence-corrected chi connectivity index (χ3v) is 6.64. The van der Waals surface area contributed by atoms with Crippen LogP contribution in [-0.2, 0) is 16.0 Å². The molecule has 2 aromatic carbocycles. The minimum Gasteiger partial charge on any atom is -0.367 e. The molecule has 1 saturated heterocycles. The van der Waals surface area contributed by atoms with Gasteiger partial charge in [-0.1, -0.05) is 42.5 Å². The quantitative estimate of drug-likeness (QED) is 0.457. The van der Waals surface area contributed by atoms with E-state index in [2.05, 4.69) is 15.0 Å². The van der Waals surface area contributed by atoms with E-state index in [1.807, 2.05) is 54.6 Å². The first-order chi connectivity index (χ1) is 15.6. The van der Waals surface area contributed by atoms with Crippen molar-refractivity contribution in [3.63, 3.8) is 0 Å². The molecule has 8 heteroatoms. The summed E-state index contributed by atoms with van der Waals surface area (Å²) in [7, 11) is 0. The second-order valence-electron chi connectivity index (χ2n) is 8.16. The molecule has 168 valence electrons. The first-order valence-corrected chi connectivity index (χ1v) is 11.8. The predicted molar refractivity (Wildman–Crippen MR) is 129 cm³/mol. The summed E-state index contributed by atoms with van der Waals surface area (Å²) in [5, 5.41) is 7.39. The molecule has 4 N–H and O–H groups in total. The average molecular weight is 452 g/mol. The van der Waals surface area contributed by atoms with E-state index in [-0.39, 0.29) is 17.7 Å². The molecule has 3 aromatic rings. The number of nitrogens with one attached hydrogen (secondary N) is 2. The fourth-order valence-corrected chi connectivity index (χ4v) is 4.86. The zero-order chi connectivity index (χ0) is 22.3. The number of piperidine rings is 1. The Balaban J connectivity index is 1.23. The highest BCUT2D eigenvalue weighted by atomic mass is 32.1. The number of hydrogen-bond donors (Lipinski definition) is 3. The number of benzene rings is 2. The predicted octanol–water partition coefficient (Wildman–Crippen LogP) is 2.63. The van der Waals surface area contributed by atoms with Crippen molar-refractivity contribution in [1.82, 2.24) is 14.6 Å². The SMILES string of the molecule is NC(Cc1ccccc1)C(=O)N1CCC[C@H](C(=O)NCCNc2nsc3ccccc23)C1. The number of fused-ring (bicyclic) bond motifs is 1. The van der Waals surface area contributed by atoms with Crippen LogP contribution in [0.15, 0.2) is 54.6 Å². The Bertz CT molecular complexity index is 1050. The summed E-state index contributed by atoms with van der Waals surface area (Å²) in [6, 6.07) is 17.3. The van der Waals surface area contributed by atoms with E-state index < -0.39 is 6.04 Å². The van der Waals surface area contributed by atoms with Gasteiger partial charge in [-0.15, -0.1) is 0 Å². The molecule has 1 aliphatic rings. The van der Waals surface area contributed by atoms with E-state index in [0.29, 0.717) is 32.6 Å². The molecule has 2 amide bonds. The standard InChI is InChI=1S/C24H29N5O2S/c25-20(15-17-7-2-1-3-8-17)24(31)29-14-6-9-18(16-29)23(30)27-13-12-26-22-19-10-4-5-11-21(19)32-28-22/h1-5,7-8,10-11,18,20H,6,9,12-16,25H2,(H,26,28)(H,27,30)/t18-,20?/m0/s1. The lowest BCUT2D eigenvalue weighted by molar-refractivity contribution is -0.136. The molecule has 1 fully saturated rings. The Kier molecular flexibility index (Phi) is 7.34. The van der Waals surface area contributed by atoms with Crippen LogP contribution in [0.2, 0.25) is 0 Å². The van der Waals surface area contributed by atoms with Crippen molar-refractivity contribution in [3.05, 3.63) is 60.2 Å². The summed E-state index contributed by atoms with van der Waals surface area (Å²) in [6.45, 7) is 2.18. The van der Waals surface area contributed by atoms with Crippen molar-refractivity contribution in [3.8, 4) is 0 Å². The lowest BCUT2D eigenvalue weighted by Gasteiger charge is -2.33. The average Bonchev–Trinajstić information content (AvgIpc) is 3.25. The van der Waals surface area contributed by atoms with Gasteiger partial charge in [0.15, 0.2) is 0 Å². The molecule has 2 atom stereocenters. The highest BCUT2D eigenvalue weighted by molar-refractivity contribution is 7.13. The molecule has 0 saturated carbocycles. The van der Waals surface area contributed by atoms with E-state index >= 15 is 0 Å². The van der Waals surface area contributed by atoms with Gasteiger partial charge in [-0.2, -0.15) is 4.37 Å². The highest BCUT2D eigenvalue weighted by Crippen LogP contribution is 2.25. The van der Waals surface area contributed by atoms with Crippen molar-refractivity contribution in [2.45, 2.75) is 25.3 Å². The minimum atomic E-state index is -0.587. The monoisotopic (exact) mass is 451 g/mol. The van der Waals surface area contributed by atoms with Crippen LogP contribution in [0.3, 0.4) is 0 Å². The van der Waals surface area contributed by atoms with E-state index in [9.17, 15) is 9.59 Å². The molecule has 0 spiro atoms. The number of amides is 2. The van der Waals surface area contributed by atoms with Crippen molar-refractivity contribution >= 4 is 39.3 Å². The number of nitrogens with zero attached hydrogens (tertiary/aromatic N) is 2. The highest BCUT2D eigenvalue weighted by Gasteiger charge is 2.30. The van der Waals surface area contributed by atoms with Gasteiger partial charge in [0, 0.05) is 31.6 Å². The van der Waals surface area contributed by atoms with E-state index in [0.717, 1.165) is 34.3 Å². The van der Waals surface area contributed by atoms with Gasteiger partial charge in [-0.3, -0.25) is 9.59 Å². The maximum absolute atomic E-state index is 12.8. The summed E-state index contributed by atoms with van der Waals surface area (Å²) in [6.07, 6.45) is 2.10. The van der Waals surface area contributed by atoms with Gasteiger partial charge in [0.25, 0.3) is 0 Å². The Morgan fingerprint density at radius 3 is 2.75 bits per heavy atom. The molecule has 0 radical (unpaired) electrons. The molecule has 1 aliphatic heterocycles. The van der Waals surface area contributed by atoms with Crippen molar-refractivity contribution in [2.75, 3.05) is 31.5 Å². The van der Waals surface area contributed by atoms with Gasteiger partial charge in [0.05, 0.1) is 16.7 Å². The van der Waals surface area contributed by atoms with Crippen LogP contribution >= 0.6 is 11.5 Å². The van der Waals surface area contributed by atoms with Gasteiger partial charge in [0.2, 0.25) is 11.8 Å². The summed E-state index contributed by atoms with van der Waals surface area (Å²) >= 11 is 1.46. The lowest BCUT2D eigenvalue weighted by Crippen LogP contribution is -2.51. The molecule has 7 nitrogen and oxygen atoms in total. The summed E-state index contributed by atoms with van der Waals surface area (Å²) in [5.74, 6) is 0.561. The smallest absolute Gasteiger partial charge is 0.239 e. The van der Waals surface area contributed by atoms with Crippen LogP contribution < -0.4 is 16.4 Å². The number of nitrogens with two attached hydrogens (primary N) is 1. The zero-order valence-corrected chi connectivity index (χ0v) is 18.8. The van der Waals surface area contributed by atoms with Crippen LogP contribution in [0.25, 0.3) is 10.1 Å². The van der Waals surface area contributed by atoms with Gasteiger partial charge in [-0.05, 0) is 48.5 Å². The minimum absolute atomic E-state index is 0.0101. The van der Waals surface area contributed by atoms with Crippen LogP contribution in [0, 0.1) is 5.92 Å². The van der Waals surface area contributed by atoms with Crippen molar-refractivity contribution < 1.29 is 9.59 Å². The third-order valence-electron chi connectivity index (χ3n) is 5.81. The second-order valence-corrected chi connectivity index (χ2v) is 8.97. The molecule has 1 unspecified atom stereocenters. The fraction of sp³-hybridized carbons (Fsp3) is 0.375. The van der Waals surface area contributed by atoms with Gasteiger partial charge < -0.3 is 21.3 Å². The molecular formula is C24H29N5O2S. The topological polar surface area (TPSA) is 100 Å². The summed E-state index contributed by atoms with van der Waals surface area (Å²) in [5.41, 5.74) is 7.22. The molecule has 1 aromatic heterocycles. The van der Waals surface area contributed by atoms with Gasteiger partial charge in [-0.25, -0.2) is 0 Å². The Morgan fingerprint density at radius 1 is 1.12 bits per heavy atom. The summed E-state index contributed by atoms with van der Waals surface area (Å²) in [4.78, 5) is 27.3. The first-order valence-electron chi connectivity index (χ1n) is 11.1. The maximum atomic E-state index is 12.8. The molecule has 2 heterocycles. The molecule has 0 aliphatic carbocycles. The fourth-order valence-electron chi connectivity index (χ4n) is 4.11. The Labute approximate surface area is 192 Å². The largest absolute Gasteiger partial charge is 0.367 e. The number of aromatic nitrogens is 1. The number of carbonyl (C=O) groups is 2. The maximum Gasteiger partial charge on any atom is 0.239 e. The number of rotatable bonds is 8. The number of hydrogen-bond acceptors (Lipinski definition) is 6. The molecular weight excluding hydrogens is 422 g/mol. The molecule has 4 rings (SSSR count). The Morgan fingerprint density at radius 2 is 1.91 bits per heavy atom. The zero-order valence-electron chi connectivity index (χ0n) is 18.0. The summed E-state index contributed by atoms with van der Waals surface area (Å²) < 4.78 is 5.58. The number of carbonyl (C=O) groups excluding carboxylic acids is 2. The second kappa shape index (κ2) is 10.6. The molecule has 32 heavy (non-hydrogen) atoms. The van der Waals surface area contributed by atoms with Gasteiger partial charge >= 0.3 is 0 Å². The van der Waals surface area contributed by atoms with Crippen LogP contribution in [-0.4, -0.2) is 53.3 Å². The van der Waals surface area contributed by atoms with Crippen molar-refractivity contribution in [1.29, 1.82) is 0 Å². The van der Waals surface area contributed by atoms with Crippen LogP contribution in [0.4, 0.5) is 5.82 Å². The Hall–Kier alpha value is -2.97. The normalized spacial score (nSPS) is 17.2. The van der Waals surface area contributed by atoms with E-state index in [4.69, 9.17) is 5.73 Å².